The van der Waals surface area contributed by atoms with Crippen LogP contribution in [0.1, 0.15) is 6.92 Å². The number of nitrogens with two attached hydrogens (primary N) is 1. The number of benzene rings is 2. The average Bonchev–Trinajstić information content (AvgIpc) is 2.47. The van der Waals surface area contributed by atoms with Crippen LogP contribution in [-0.2, 0) is 0 Å². The third-order valence-electron chi connectivity index (χ3n) is 3.10. The van der Waals surface area contributed by atoms with Gasteiger partial charge in [-0.15, -0.1) is 0 Å². The highest BCUT2D eigenvalue weighted by Gasteiger charge is 2.07. The molecule has 0 aromatic heterocycles. The van der Waals surface area contributed by atoms with E-state index in [2.05, 4.69) is 27.8 Å². The van der Waals surface area contributed by atoms with Crippen molar-refractivity contribution in [1.82, 2.24) is 0 Å². The fourth-order valence-electron chi connectivity index (χ4n) is 2.03. The zero-order valence-electron chi connectivity index (χ0n) is 11.6. The first-order valence-corrected chi connectivity index (χ1v) is 7.48. The second-order valence-corrected chi connectivity index (χ2v) is 5.36. The summed E-state index contributed by atoms with van der Waals surface area (Å²) in [7, 11) is 0. The Hall–Kier alpha value is -1.68. The highest BCUT2D eigenvalue weighted by Crippen LogP contribution is 2.22. The summed E-state index contributed by atoms with van der Waals surface area (Å²) in [5, 5.41) is 0. The summed E-state index contributed by atoms with van der Waals surface area (Å²) in [4.78, 5) is 2.22. The zero-order chi connectivity index (χ0) is 14.4. The maximum absolute atomic E-state index is 6.01. The highest BCUT2D eigenvalue weighted by atomic mass is 79.9. The molecule has 0 unspecified atom stereocenters. The molecule has 0 radical (unpaired) electrons. The second-order valence-electron chi connectivity index (χ2n) is 4.44. The van der Waals surface area contributed by atoms with Crippen LogP contribution in [0.5, 0.6) is 5.75 Å². The molecule has 2 aromatic carbocycles. The number of hydrogen-bond donors (Lipinski definition) is 1. The summed E-state index contributed by atoms with van der Waals surface area (Å²) in [6, 6.07) is 15.8. The predicted octanol–water partition coefficient (Wildman–Crippen LogP) is 3.94. The van der Waals surface area contributed by atoms with Gasteiger partial charge in [0.25, 0.3) is 0 Å². The maximum Gasteiger partial charge on any atom is 0.119 e. The monoisotopic (exact) mass is 334 g/mol. The van der Waals surface area contributed by atoms with Gasteiger partial charge in [-0.2, -0.15) is 0 Å². The molecule has 2 rings (SSSR count). The van der Waals surface area contributed by atoms with Crippen LogP contribution < -0.4 is 15.4 Å². The van der Waals surface area contributed by atoms with Gasteiger partial charge in [-0.25, -0.2) is 0 Å². The standard InChI is InChI=1S/C16H19BrN2O/c1-2-19(16-6-4-3-5-15(16)18)11-12-20-14-9-7-13(17)8-10-14/h3-10H,2,11-12,18H2,1H3. The number of rotatable bonds is 6. The van der Waals surface area contributed by atoms with Gasteiger partial charge in [0.1, 0.15) is 12.4 Å². The molecule has 20 heavy (non-hydrogen) atoms. The molecule has 3 nitrogen and oxygen atoms in total. The van der Waals surface area contributed by atoms with Crippen LogP contribution in [0.15, 0.2) is 53.0 Å². The number of likely N-dealkylation sites (N-methyl/N-ethyl adjacent to an activating group) is 1. The van der Waals surface area contributed by atoms with E-state index in [0.717, 1.165) is 34.7 Å². The van der Waals surface area contributed by atoms with Crippen molar-refractivity contribution >= 4 is 27.3 Å². The van der Waals surface area contributed by atoms with Gasteiger partial charge in [-0.1, -0.05) is 28.1 Å². The topological polar surface area (TPSA) is 38.5 Å². The number of anilines is 2. The molecule has 0 aliphatic carbocycles. The van der Waals surface area contributed by atoms with Gasteiger partial charge in [-0.3, -0.25) is 0 Å². The fourth-order valence-corrected chi connectivity index (χ4v) is 2.29. The Morgan fingerprint density at radius 2 is 1.80 bits per heavy atom. The van der Waals surface area contributed by atoms with Crippen molar-refractivity contribution in [2.75, 3.05) is 30.3 Å². The molecule has 0 aliphatic rings. The highest BCUT2D eigenvalue weighted by molar-refractivity contribution is 9.10. The number of ether oxygens (including phenoxy) is 1. The Bertz CT molecular complexity index is 542. The molecule has 0 atom stereocenters. The van der Waals surface area contributed by atoms with Crippen LogP contribution >= 0.6 is 15.9 Å². The van der Waals surface area contributed by atoms with Gasteiger partial charge in [-0.05, 0) is 43.3 Å². The first-order valence-electron chi connectivity index (χ1n) is 6.68. The number of hydrogen-bond acceptors (Lipinski definition) is 3. The van der Waals surface area contributed by atoms with Crippen molar-refractivity contribution < 1.29 is 4.74 Å². The Balaban J connectivity index is 1.91. The van der Waals surface area contributed by atoms with Crippen molar-refractivity contribution in [2.45, 2.75) is 6.92 Å². The minimum absolute atomic E-state index is 0.629. The molecule has 0 bridgehead atoms. The van der Waals surface area contributed by atoms with Gasteiger partial charge in [0, 0.05) is 11.0 Å². The van der Waals surface area contributed by atoms with E-state index < -0.39 is 0 Å². The minimum Gasteiger partial charge on any atom is -0.492 e. The lowest BCUT2D eigenvalue weighted by atomic mass is 10.2. The van der Waals surface area contributed by atoms with Gasteiger partial charge in [0.05, 0.1) is 17.9 Å². The summed E-state index contributed by atoms with van der Waals surface area (Å²) in [6.07, 6.45) is 0. The third-order valence-corrected chi connectivity index (χ3v) is 3.63. The van der Waals surface area contributed by atoms with Crippen LogP contribution in [0.4, 0.5) is 11.4 Å². The normalized spacial score (nSPS) is 10.3. The lowest BCUT2D eigenvalue weighted by Gasteiger charge is -2.24. The summed E-state index contributed by atoms with van der Waals surface area (Å²) in [6.45, 7) is 4.45. The van der Waals surface area contributed by atoms with E-state index >= 15 is 0 Å². The number of nitrogens with zero attached hydrogens (tertiary/aromatic N) is 1. The molecular formula is C16H19BrN2O. The predicted molar refractivity (Wildman–Crippen MR) is 88.4 cm³/mol. The summed E-state index contributed by atoms with van der Waals surface area (Å²) in [5.41, 5.74) is 7.88. The average molecular weight is 335 g/mol. The van der Waals surface area contributed by atoms with E-state index in [0.29, 0.717) is 6.61 Å². The molecule has 0 spiro atoms. The molecule has 0 saturated carbocycles. The number of para-hydroxylation sites is 2. The van der Waals surface area contributed by atoms with Crippen molar-refractivity contribution in [1.29, 1.82) is 0 Å². The van der Waals surface area contributed by atoms with Crippen molar-refractivity contribution in [3.8, 4) is 5.75 Å². The number of nitrogen functional groups attached to an aromatic ring is 1. The van der Waals surface area contributed by atoms with Crippen molar-refractivity contribution in [3.63, 3.8) is 0 Å². The summed E-state index contributed by atoms with van der Waals surface area (Å²) < 4.78 is 6.80. The van der Waals surface area contributed by atoms with Crippen LogP contribution in [0.3, 0.4) is 0 Å². The molecule has 0 heterocycles. The van der Waals surface area contributed by atoms with Gasteiger partial charge in [0.2, 0.25) is 0 Å². The van der Waals surface area contributed by atoms with E-state index in [9.17, 15) is 0 Å². The molecule has 2 N–H and O–H groups in total. The smallest absolute Gasteiger partial charge is 0.119 e. The summed E-state index contributed by atoms with van der Waals surface area (Å²) >= 11 is 3.41. The molecule has 0 aliphatic heterocycles. The molecule has 2 aromatic rings. The van der Waals surface area contributed by atoms with Gasteiger partial charge >= 0.3 is 0 Å². The van der Waals surface area contributed by atoms with Crippen LogP contribution in [0, 0.1) is 0 Å². The summed E-state index contributed by atoms with van der Waals surface area (Å²) in [5.74, 6) is 0.880. The van der Waals surface area contributed by atoms with E-state index in [1.54, 1.807) is 0 Å². The van der Waals surface area contributed by atoms with Crippen molar-refractivity contribution in [3.05, 3.63) is 53.0 Å². The third kappa shape index (κ3) is 3.90. The van der Waals surface area contributed by atoms with Gasteiger partial charge < -0.3 is 15.4 Å². The first-order chi connectivity index (χ1) is 9.70. The SMILES string of the molecule is CCN(CCOc1ccc(Br)cc1)c1ccccc1N. The fraction of sp³-hybridized carbons (Fsp3) is 0.250. The molecule has 0 fully saturated rings. The largest absolute Gasteiger partial charge is 0.492 e. The Labute approximate surface area is 128 Å². The Morgan fingerprint density at radius 1 is 1.10 bits per heavy atom. The zero-order valence-corrected chi connectivity index (χ0v) is 13.1. The minimum atomic E-state index is 0.629. The van der Waals surface area contributed by atoms with E-state index in [-0.39, 0.29) is 0 Å². The molecule has 4 heteroatoms. The Kier molecular flexibility index (Phi) is 5.30. The molecular weight excluding hydrogens is 316 g/mol. The quantitative estimate of drug-likeness (QED) is 0.813. The van der Waals surface area contributed by atoms with Crippen LogP contribution in [0.25, 0.3) is 0 Å². The maximum atomic E-state index is 6.01. The van der Waals surface area contributed by atoms with Crippen LogP contribution in [0.2, 0.25) is 0 Å². The first kappa shape index (κ1) is 14.7. The second kappa shape index (κ2) is 7.20. The van der Waals surface area contributed by atoms with Crippen LogP contribution in [-0.4, -0.2) is 19.7 Å². The molecule has 106 valence electrons. The lowest BCUT2D eigenvalue weighted by molar-refractivity contribution is 0.324. The van der Waals surface area contributed by atoms with E-state index in [1.165, 1.54) is 0 Å². The lowest BCUT2D eigenvalue weighted by Crippen LogP contribution is -2.28. The number of halogens is 1. The molecule has 0 saturated heterocycles. The van der Waals surface area contributed by atoms with E-state index in [4.69, 9.17) is 10.5 Å². The van der Waals surface area contributed by atoms with Gasteiger partial charge in [0.15, 0.2) is 0 Å². The Morgan fingerprint density at radius 3 is 2.45 bits per heavy atom. The van der Waals surface area contributed by atoms with E-state index in [1.807, 2.05) is 48.5 Å². The van der Waals surface area contributed by atoms with Crippen molar-refractivity contribution in [2.24, 2.45) is 0 Å². The molecule has 0 amide bonds.